The van der Waals surface area contributed by atoms with Gasteiger partial charge in [0, 0.05) is 16.9 Å². The zero-order valence-electron chi connectivity index (χ0n) is 15.2. The first kappa shape index (κ1) is 21.2. The zero-order valence-corrected chi connectivity index (χ0v) is 16.0. The van der Waals surface area contributed by atoms with E-state index in [1.807, 2.05) is 0 Å². The molecule has 1 amide bonds. The highest BCUT2D eigenvalue weighted by atomic mass is 32.2. The molecule has 6 nitrogen and oxygen atoms in total. The standard InChI is InChI=1S/C20H15F3N2O4S/c21-20(22,23)29-17-12-10-15(11-13-17)24-19(26)14-6-8-16(9-7-14)25-30(27,28)18-4-2-1-3-5-18/h1-13,25H,(H,24,26). The molecule has 3 aromatic carbocycles. The van der Waals surface area contributed by atoms with Crippen molar-refractivity contribution in [1.29, 1.82) is 0 Å². The van der Waals surface area contributed by atoms with Crippen molar-refractivity contribution in [2.24, 2.45) is 0 Å². The lowest BCUT2D eigenvalue weighted by Gasteiger charge is -2.11. The molecule has 10 heteroatoms. The smallest absolute Gasteiger partial charge is 0.406 e. The lowest BCUT2D eigenvalue weighted by atomic mass is 10.2. The number of sulfonamides is 1. The van der Waals surface area contributed by atoms with Crippen LogP contribution < -0.4 is 14.8 Å². The van der Waals surface area contributed by atoms with E-state index >= 15 is 0 Å². The van der Waals surface area contributed by atoms with Gasteiger partial charge in [0.15, 0.2) is 0 Å². The van der Waals surface area contributed by atoms with Crippen molar-refractivity contribution >= 4 is 27.3 Å². The molecule has 0 unspecified atom stereocenters. The maximum absolute atomic E-state index is 12.3. The molecule has 3 rings (SSSR count). The second kappa shape index (κ2) is 8.46. The molecule has 0 aliphatic rings. The fraction of sp³-hybridized carbons (Fsp3) is 0.0500. The molecule has 2 N–H and O–H groups in total. The van der Waals surface area contributed by atoms with Crippen LogP contribution >= 0.6 is 0 Å². The fourth-order valence-electron chi connectivity index (χ4n) is 2.45. The molecular formula is C20H15F3N2O4S. The Morgan fingerprint density at radius 3 is 1.93 bits per heavy atom. The Labute approximate surface area is 170 Å². The number of anilines is 2. The molecule has 0 saturated heterocycles. The first-order valence-electron chi connectivity index (χ1n) is 8.47. The zero-order chi connectivity index (χ0) is 21.8. The van der Waals surface area contributed by atoms with Crippen molar-refractivity contribution in [3.05, 3.63) is 84.4 Å². The first-order chi connectivity index (χ1) is 14.1. The molecular weight excluding hydrogens is 421 g/mol. The van der Waals surface area contributed by atoms with Gasteiger partial charge in [-0.1, -0.05) is 18.2 Å². The number of hydrogen-bond donors (Lipinski definition) is 2. The molecule has 0 spiro atoms. The summed E-state index contributed by atoms with van der Waals surface area (Å²) in [5, 5.41) is 2.53. The van der Waals surface area contributed by atoms with Crippen molar-refractivity contribution in [1.82, 2.24) is 0 Å². The van der Waals surface area contributed by atoms with Crippen LogP contribution in [0.1, 0.15) is 10.4 Å². The molecule has 0 aliphatic heterocycles. The van der Waals surface area contributed by atoms with E-state index in [2.05, 4.69) is 14.8 Å². The van der Waals surface area contributed by atoms with Crippen molar-refractivity contribution in [2.45, 2.75) is 11.3 Å². The number of carbonyl (C=O) groups is 1. The summed E-state index contributed by atoms with van der Waals surface area (Å²) in [4.78, 5) is 12.4. The van der Waals surface area contributed by atoms with Crippen LogP contribution in [0.3, 0.4) is 0 Å². The fourth-order valence-corrected chi connectivity index (χ4v) is 3.53. The first-order valence-corrected chi connectivity index (χ1v) is 9.96. The number of benzene rings is 3. The van der Waals surface area contributed by atoms with Crippen LogP contribution in [-0.2, 0) is 10.0 Å². The quantitative estimate of drug-likeness (QED) is 0.590. The largest absolute Gasteiger partial charge is 0.573 e. The van der Waals surface area contributed by atoms with E-state index < -0.39 is 28.0 Å². The van der Waals surface area contributed by atoms with Crippen molar-refractivity contribution in [3.8, 4) is 5.75 Å². The van der Waals surface area contributed by atoms with Crippen LogP contribution in [-0.4, -0.2) is 20.7 Å². The Kier molecular flexibility index (Phi) is 5.97. The van der Waals surface area contributed by atoms with Gasteiger partial charge in [-0.2, -0.15) is 0 Å². The summed E-state index contributed by atoms with van der Waals surface area (Å²) >= 11 is 0. The maximum Gasteiger partial charge on any atom is 0.573 e. The average molecular weight is 436 g/mol. The van der Waals surface area contributed by atoms with Gasteiger partial charge in [-0.25, -0.2) is 8.42 Å². The molecule has 0 saturated carbocycles. The van der Waals surface area contributed by atoms with E-state index in [4.69, 9.17) is 0 Å². The molecule has 0 heterocycles. The number of halogens is 3. The SMILES string of the molecule is O=C(Nc1ccc(OC(F)(F)F)cc1)c1ccc(NS(=O)(=O)c2ccccc2)cc1. The third kappa shape index (κ3) is 5.74. The Bertz CT molecular complexity index is 1120. The van der Waals surface area contributed by atoms with E-state index in [0.717, 1.165) is 12.1 Å². The summed E-state index contributed by atoms with van der Waals surface area (Å²) in [7, 11) is -3.75. The van der Waals surface area contributed by atoms with E-state index in [9.17, 15) is 26.4 Å². The van der Waals surface area contributed by atoms with E-state index in [1.54, 1.807) is 18.2 Å². The normalized spacial score (nSPS) is 11.6. The number of alkyl halides is 3. The number of hydrogen-bond acceptors (Lipinski definition) is 4. The minimum Gasteiger partial charge on any atom is -0.406 e. The van der Waals surface area contributed by atoms with Crippen LogP contribution in [0.5, 0.6) is 5.75 Å². The molecule has 0 aromatic heterocycles. The Hall–Kier alpha value is -3.53. The number of amides is 1. The van der Waals surface area contributed by atoms with Gasteiger partial charge >= 0.3 is 6.36 Å². The highest BCUT2D eigenvalue weighted by Gasteiger charge is 2.31. The minimum atomic E-state index is -4.80. The van der Waals surface area contributed by atoms with Crippen LogP contribution in [0.15, 0.2) is 83.8 Å². The van der Waals surface area contributed by atoms with Gasteiger partial charge in [-0.05, 0) is 60.7 Å². The molecule has 0 radical (unpaired) electrons. The summed E-state index contributed by atoms with van der Waals surface area (Å²) in [5.74, 6) is -0.924. The lowest BCUT2D eigenvalue weighted by Crippen LogP contribution is -2.17. The summed E-state index contributed by atoms with van der Waals surface area (Å²) < 4.78 is 67.3. The topological polar surface area (TPSA) is 84.5 Å². The van der Waals surface area contributed by atoms with Gasteiger partial charge in [0.05, 0.1) is 4.90 Å². The number of carbonyl (C=O) groups excluding carboxylic acids is 1. The van der Waals surface area contributed by atoms with Gasteiger partial charge in [-0.15, -0.1) is 13.2 Å². The molecule has 30 heavy (non-hydrogen) atoms. The van der Waals surface area contributed by atoms with E-state index in [0.29, 0.717) is 0 Å². The average Bonchev–Trinajstić information content (AvgIpc) is 2.69. The summed E-state index contributed by atoms with van der Waals surface area (Å²) in [6.45, 7) is 0. The van der Waals surface area contributed by atoms with E-state index in [-0.39, 0.29) is 21.8 Å². The lowest BCUT2D eigenvalue weighted by molar-refractivity contribution is -0.274. The summed E-state index contributed by atoms with van der Waals surface area (Å²) in [6, 6.07) is 18.2. The number of nitrogens with one attached hydrogen (secondary N) is 2. The highest BCUT2D eigenvalue weighted by molar-refractivity contribution is 7.92. The predicted octanol–water partition coefficient (Wildman–Crippen LogP) is 4.64. The van der Waals surface area contributed by atoms with Crippen LogP contribution in [0, 0.1) is 0 Å². The van der Waals surface area contributed by atoms with Gasteiger partial charge < -0.3 is 10.1 Å². The highest BCUT2D eigenvalue weighted by Crippen LogP contribution is 2.24. The maximum atomic E-state index is 12.3. The van der Waals surface area contributed by atoms with Crippen molar-refractivity contribution < 1.29 is 31.1 Å². The summed E-state index contributed by atoms with van der Waals surface area (Å²) in [6.07, 6.45) is -4.80. The third-order valence-electron chi connectivity index (χ3n) is 3.80. The second-order valence-corrected chi connectivity index (χ2v) is 7.70. The molecule has 0 atom stereocenters. The molecule has 3 aromatic rings. The van der Waals surface area contributed by atoms with Crippen molar-refractivity contribution in [2.75, 3.05) is 10.0 Å². The van der Waals surface area contributed by atoms with Gasteiger partial charge in [0.2, 0.25) is 0 Å². The van der Waals surface area contributed by atoms with Gasteiger partial charge in [0.1, 0.15) is 5.75 Å². The van der Waals surface area contributed by atoms with Crippen LogP contribution in [0.2, 0.25) is 0 Å². The molecule has 156 valence electrons. The number of ether oxygens (including phenoxy) is 1. The second-order valence-electron chi connectivity index (χ2n) is 6.02. The van der Waals surface area contributed by atoms with Gasteiger partial charge in [0.25, 0.3) is 15.9 Å². The third-order valence-corrected chi connectivity index (χ3v) is 5.20. The van der Waals surface area contributed by atoms with E-state index in [1.165, 1.54) is 48.5 Å². The monoisotopic (exact) mass is 436 g/mol. The number of rotatable bonds is 6. The molecule has 0 aliphatic carbocycles. The van der Waals surface area contributed by atoms with Crippen molar-refractivity contribution in [3.63, 3.8) is 0 Å². The Balaban J connectivity index is 1.64. The Morgan fingerprint density at radius 2 is 1.37 bits per heavy atom. The van der Waals surface area contributed by atoms with Crippen LogP contribution in [0.25, 0.3) is 0 Å². The Morgan fingerprint density at radius 1 is 0.800 bits per heavy atom. The minimum absolute atomic E-state index is 0.102. The van der Waals surface area contributed by atoms with Gasteiger partial charge in [-0.3, -0.25) is 9.52 Å². The molecule has 0 fully saturated rings. The van der Waals surface area contributed by atoms with Crippen LogP contribution in [0.4, 0.5) is 24.5 Å². The molecule has 0 bridgehead atoms. The predicted molar refractivity (Wildman–Crippen MR) is 105 cm³/mol. The summed E-state index contributed by atoms with van der Waals surface area (Å²) in [5.41, 5.74) is 0.765.